The number of aryl methyl sites for hydroxylation is 2. The zero-order valence-electron chi connectivity index (χ0n) is 12.8. The summed E-state index contributed by atoms with van der Waals surface area (Å²) in [4.78, 5) is 22.7. The van der Waals surface area contributed by atoms with E-state index in [0.29, 0.717) is 23.8 Å². The quantitative estimate of drug-likeness (QED) is 0.868. The average molecular weight is 288 g/mol. The summed E-state index contributed by atoms with van der Waals surface area (Å²) in [5, 5.41) is 9.79. The third-order valence-corrected chi connectivity index (χ3v) is 3.11. The van der Waals surface area contributed by atoms with E-state index in [2.05, 4.69) is 25.5 Å². The molecule has 0 aromatic carbocycles. The minimum Gasteiger partial charge on any atom is -0.373 e. The standard InChI is InChI=1S/C14H20N6O/c1-5-11-6-10(7-12(15-3)17-11)14(21)20(4)8-13-16-9(2)18-19-13/h6-7H,5,8H2,1-4H3,(H,15,17)(H,16,18,19). The second kappa shape index (κ2) is 6.34. The number of rotatable bonds is 5. The van der Waals surface area contributed by atoms with Gasteiger partial charge in [-0.3, -0.25) is 9.89 Å². The van der Waals surface area contributed by atoms with Gasteiger partial charge < -0.3 is 10.2 Å². The molecule has 0 aliphatic carbocycles. The first kappa shape index (κ1) is 15.0. The summed E-state index contributed by atoms with van der Waals surface area (Å²) in [6, 6.07) is 3.57. The fourth-order valence-corrected chi connectivity index (χ4v) is 1.98. The van der Waals surface area contributed by atoms with Crippen LogP contribution in [0, 0.1) is 6.92 Å². The third-order valence-electron chi connectivity index (χ3n) is 3.11. The molecule has 2 aromatic rings. The van der Waals surface area contributed by atoms with Crippen LogP contribution >= 0.6 is 0 Å². The van der Waals surface area contributed by atoms with Crippen molar-refractivity contribution in [2.75, 3.05) is 19.4 Å². The number of nitrogens with zero attached hydrogens (tertiary/aromatic N) is 4. The molecule has 2 N–H and O–H groups in total. The highest BCUT2D eigenvalue weighted by molar-refractivity contribution is 5.94. The molecule has 0 aliphatic rings. The molecule has 7 heteroatoms. The van der Waals surface area contributed by atoms with Gasteiger partial charge in [0.25, 0.3) is 5.91 Å². The molecule has 0 saturated carbocycles. The van der Waals surface area contributed by atoms with Crippen molar-refractivity contribution in [3.63, 3.8) is 0 Å². The van der Waals surface area contributed by atoms with E-state index in [1.807, 2.05) is 19.9 Å². The number of carbonyl (C=O) groups excluding carboxylic acids is 1. The Labute approximate surface area is 123 Å². The van der Waals surface area contributed by atoms with Crippen LogP contribution in [0.15, 0.2) is 12.1 Å². The van der Waals surface area contributed by atoms with Crippen molar-refractivity contribution >= 4 is 11.7 Å². The lowest BCUT2D eigenvalue weighted by molar-refractivity contribution is 0.0781. The zero-order valence-corrected chi connectivity index (χ0v) is 12.8. The number of hydrogen-bond acceptors (Lipinski definition) is 5. The van der Waals surface area contributed by atoms with Gasteiger partial charge in [-0.05, 0) is 25.5 Å². The molecule has 0 bridgehead atoms. The van der Waals surface area contributed by atoms with Gasteiger partial charge in [-0.25, -0.2) is 9.97 Å². The Bertz CT molecular complexity index is 614. The third kappa shape index (κ3) is 3.56. The minimum atomic E-state index is -0.0777. The topological polar surface area (TPSA) is 86.8 Å². The number of H-pyrrole nitrogens is 1. The van der Waals surface area contributed by atoms with Crippen LogP contribution in [0.2, 0.25) is 0 Å². The second-order valence-electron chi connectivity index (χ2n) is 4.83. The molecule has 0 aliphatic heterocycles. The van der Waals surface area contributed by atoms with Crippen molar-refractivity contribution < 1.29 is 4.79 Å². The highest BCUT2D eigenvalue weighted by Gasteiger charge is 2.15. The average Bonchev–Trinajstić information content (AvgIpc) is 2.90. The van der Waals surface area contributed by atoms with E-state index < -0.39 is 0 Å². The normalized spacial score (nSPS) is 10.5. The summed E-state index contributed by atoms with van der Waals surface area (Å²) in [5.74, 6) is 1.95. The fraction of sp³-hybridized carbons (Fsp3) is 0.429. The summed E-state index contributed by atoms with van der Waals surface area (Å²) in [5.41, 5.74) is 1.49. The van der Waals surface area contributed by atoms with Crippen LogP contribution in [0.1, 0.15) is 34.6 Å². The van der Waals surface area contributed by atoms with Crippen LogP contribution in [0.5, 0.6) is 0 Å². The van der Waals surface area contributed by atoms with E-state index in [-0.39, 0.29) is 5.91 Å². The lowest BCUT2D eigenvalue weighted by Crippen LogP contribution is -2.27. The van der Waals surface area contributed by atoms with Crippen molar-refractivity contribution in [3.05, 3.63) is 35.0 Å². The molecular formula is C14H20N6O. The Hall–Kier alpha value is -2.44. The van der Waals surface area contributed by atoms with E-state index in [4.69, 9.17) is 0 Å². The van der Waals surface area contributed by atoms with Gasteiger partial charge in [0.05, 0.1) is 6.54 Å². The minimum absolute atomic E-state index is 0.0777. The lowest BCUT2D eigenvalue weighted by atomic mass is 10.1. The number of hydrogen-bond donors (Lipinski definition) is 2. The predicted molar refractivity (Wildman–Crippen MR) is 80.1 cm³/mol. The molecule has 21 heavy (non-hydrogen) atoms. The molecular weight excluding hydrogens is 268 g/mol. The van der Waals surface area contributed by atoms with Crippen LogP contribution < -0.4 is 5.32 Å². The largest absolute Gasteiger partial charge is 0.373 e. The maximum Gasteiger partial charge on any atom is 0.254 e. The highest BCUT2D eigenvalue weighted by Crippen LogP contribution is 2.13. The molecule has 0 fully saturated rings. The molecule has 0 unspecified atom stereocenters. The number of anilines is 1. The van der Waals surface area contributed by atoms with E-state index in [1.54, 1.807) is 25.1 Å². The monoisotopic (exact) mass is 288 g/mol. The Morgan fingerprint density at radius 3 is 2.71 bits per heavy atom. The number of amides is 1. The van der Waals surface area contributed by atoms with Crippen LogP contribution in [-0.2, 0) is 13.0 Å². The van der Waals surface area contributed by atoms with E-state index in [9.17, 15) is 4.79 Å². The molecule has 2 heterocycles. The number of carbonyl (C=O) groups is 1. The molecule has 1 amide bonds. The molecule has 2 aromatic heterocycles. The number of nitrogens with one attached hydrogen (secondary N) is 2. The van der Waals surface area contributed by atoms with E-state index in [1.165, 1.54) is 0 Å². The molecule has 7 nitrogen and oxygen atoms in total. The van der Waals surface area contributed by atoms with Crippen molar-refractivity contribution in [1.29, 1.82) is 0 Å². The summed E-state index contributed by atoms with van der Waals surface area (Å²) in [6.45, 7) is 4.20. The fourth-order valence-electron chi connectivity index (χ4n) is 1.98. The Kier molecular flexibility index (Phi) is 4.52. The predicted octanol–water partition coefficient (Wildman–Crippen LogP) is 1.38. The number of pyridine rings is 1. The lowest BCUT2D eigenvalue weighted by Gasteiger charge is -2.16. The second-order valence-corrected chi connectivity index (χ2v) is 4.83. The Morgan fingerprint density at radius 2 is 2.14 bits per heavy atom. The summed E-state index contributed by atoms with van der Waals surface area (Å²) in [7, 11) is 3.52. The first-order valence-electron chi connectivity index (χ1n) is 6.85. The van der Waals surface area contributed by atoms with Crippen LogP contribution in [0.25, 0.3) is 0 Å². The van der Waals surface area contributed by atoms with Crippen molar-refractivity contribution in [3.8, 4) is 0 Å². The van der Waals surface area contributed by atoms with Crippen molar-refractivity contribution in [1.82, 2.24) is 25.1 Å². The Morgan fingerprint density at radius 1 is 1.38 bits per heavy atom. The van der Waals surface area contributed by atoms with Crippen LogP contribution in [0.4, 0.5) is 5.82 Å². The van der Waals surface area contributed by atoms with Gasteiger partial charge in [-0.15, -0.1) is 0 Å². The molecule has 0 atom stereocenters. The van der Waals surface area contributed by atoms with Crippen LogP contribution in [-0.4, -0.2) is 45.1 Å². The smallest absolute Gasteiger partial charge is 0.254 e. The zero-order chi connectivity index (χ0) is 15.4. The van der Waals surface area contributed by atoms with Gasteiger partial charge in [0.2, 0.25) is 0 Å². The van der Waals surface area contributed by atoms with Gasteiger partial charge in [-0.1, -0.05) is 6.92 Å². The molecule has 2 rings (SSSR count). The maximum absolute atomic E-state index is 12.5. The number of aromatic amines is 1. The molecule has 0 saturated heterocycles. The summed E-state index contributed by atoms with van der Waals surface area (Å²) in [6.07, 6.45) is 0.777. The first-order chi connectivity index (χ1) is 10.0. The van der Waals surface area contributed by atoms with E-state index >= 15 is 0 Å². The van der Waals surface area contributed by atoms with Gasteiger partial charge in [0, 0.05) is 25.4 Å². The van der Waals surface area contributed by atoms with E-state index in [0.717, 1.165) is 17.9 Å². The van der Waals surface area contributed by atoms with Gasteiger partial charge in [0.1, 0.15) is 11.6 Å². The number of aromatic nitrogens is 4. The van der Waals surface area contributed by atoms with Gasteiger partial charge in [-0.2, -0.15) is 5.10 Å². The molecule has 0 radical (unpaired) electrons. The van der Waals surface area contributed by atoms with Crippen LogP contribution in [0.3, 0.4) is 0 Å². The first-order valence-corrected chi connectivity index (χ1v) is 6.85. The maximum atomic E-state index is 12.5. The molecule has 112 valence electrons. The van der Waals surface area contributed by atoms with Crippen molar-refractivity contribution in [2.24, 2.45) is 0 Å². The summed E-state index contributed by atoms with van der Waals surface area (Å²) < 4.78 is 0. The van der Waals surface area contributed by atoms with Crippen molar-refractivity contribution in [2.45, 2.75) is 26.8 Å². The Balaban J connectivity index is 2.18. The summed E-state index contributed by atoms with van der Waals surface area (Å²) >= 11 is 0. The van der Waals surface area contributed by atoms with Gasteiger partial charge in [0.15, 0.2) is 5.82 Å². The highest BCUT2D eigenvalue weighted by atomic mass is 16.2. The van der Waals surface area contributed by atoms with Gasteiger partial charge >= 0.3 is 0 Å². The molecule has 0 spiro atoms. The SMILES string of the molecule is CCc1cc(C(=O)N(C)Cc2n[nH]c(C)n2)cc(NC)n1.